The van der Waals surface area contributed by atoms with Crippen molar-refractivity contribution in [1.29, 1.82) is 0 Å². The van der Waals surface area contributed by atoms with Crippen LogP contribution in [0, 0.1) is 6.92 Å². The SMILES string of the molecule is Cc1ccnc(Nc2ccc(N3CCN(C(=O)c4ccc(OC5CCCC5)nc4)CC3)nn2)c1. The van der Waals surface area contributed by atoms with Crippen LogP contribution >= 0.6 is 0 Å². The van der Waals surface area contributed by atoms with Crippen LogP contribution in [0.2, 0.25) is 0 Å². The van der Waals surface area contributed by atoms with Crippen molar-refractivity contribution < 1.29 is 9.53 Å². The molecular weight excluding hydrogens is 430 g/mol. The Bertz CT molecular complexity index is 1110. The molecule has 2 fully saturated rings. The zero-order valence-corrected chi connectivity index (χ0v) is 19.4. The molecule has 0 spiro atoms. The molecule has 34 heavy (non-hydrogen) atoms. The number of anilines is 3. The third-order valence-corrected chi connectivity index (χ3v) is 6.29. The quantitative estimate of drug-likeness (QED) is 0.597. The van der Waals surface area contributed by atoms with Crippen molar-refractivity contribution in [3.05, 3.63) is 59.9 Å². The molecule has 1 aliphatic heterocycles. The highest BCUT2D eigenvalue weighted by Gasteiger charge is 2.24. The third-order valence-electron chi connectivity index (χ3n) is 6.29. The van der Waals surface area contributed by atoms with E-state index in [9.17, 15) is 4.79 Å². The van der Waals surface area contributed by atoms with Gasteiger partial charge >= 0.3 is 0 Å². The lowest BCUT2D eigenvalue weighted by Gasteiger charge is -2.35. The molecule has 3 aromatic rings. The highest BCUT2D eigenvalue weighted by Crippen LogP contribution is 2.23. The van der Waals surface area contributed by atoms with E-state index in [0.717, 1.165) is 30.0 Å². The van der Waals surface area contributed by atoms with E-state index in [2.05, 4.69) is 30.4 Å². The Kier molecular flexibility index (Phi) is 6.51. The van der Waals surface area contributed by atoms with E-state index in [1.165, 1.54) is 12.8 Å². The number of aryl methyl sites for hydroxylation is 1. The lowest BCUT2D eigenvalue weighted by atomic mass is 10.2. The molecule has 3 aromatic heterocycles. The minimum Gasteiger partial charge on any atom is -0.474 e. The van der Waals surface area contributed by atoms with Gasteiger partial charge in [-0.05, 0) is 68.5 Å². The van der Waals surface area contributed by atoms with Gasteiger partial charge in [-0.15, -0.1) is 10.2 Å². The lowest BCUT2D eigenvalue weighted by molar-refractivity contribution is 0.0746. The maximum Gasteiger partial charge on any atom is 0.255 e. The number of rotatable bonds is 6. The van der Waals surface area contributed by atoms with Gasteiger partial charge in [0.05, 0.1) is 5.56 Å². The van der Waals surface area contributed by atoms with Crippen molar-refractivity contribution in [1.82, 2.24) is 25.1 Å². The fourth-order valence-electron chi connectivity index (χ4n) is 4.37. The summed E-state index contributed by atoms with van der Waals surface area (Å²) < 4.78 is 5.90. The Labute approximate surface area is 199 Å². The van der Waals surface area contributed by atoms with Crippen LogP contribution in [0.25, 0.3) is 0 Å². The van der Waals surface area contributed by atoms with Crippen LogP contribution in [0.15, 0.2) is 48.8 Å². The molecule has 5 rings (SSSR count). The summed E-state index contributed by atoms with van der Waals surface area (Å²) in [6.45, 7) is 4.65. The number of piperazine rings is 1. The maximum absolute atomic E-state index is 12.9. The Morgan fingerprint density at radius 2 is 1.79 bits per heavy atom. The summed E-state index contributed by atoms with van der Waals surface area (Å²) in [7, 11) is 0. The van der Waals surface area contributed by atoms with E-state index < -0.39 is 0 Å². The van der Waals surface area contributed by atoms with E-state index >= 15 is 0 Å². The van der Waals surface area contributed by atoms with Crippen LogP contribution in [0.1, 0.15) is 41.6 Å². The van der Waals surface area contributed by atoms with Gasteiger partial charge in [0.25, 0.3) is 5.91 Å². The smallest absolute Gasteiger partial charge is 0.255 e. The van der Waals surface area contributed by atoms with Gasteiger partial charge < -0.3 is 19.9 Å². The minimum absolute atomic E-state index is 0.00384. The predicted molar refractivity (Wildman–Crippen MR) is 130 cm³/mol. The third kappa shape index (κ3) is 5.24. The summed E-state index contributed by atoms with van der Waals surface area (Å²) in [6, 6.07) is 11.4. The molecule has 1 amide bonds. The monoisotopic (exact) mass is 459 g/mol. The van der Waals surface area contributed by atoms with Crippen molar-refractivity contribution in [2.45, 2.75) is 38.7 Å². The maximum atomic E-state index is 12.9. The molecule has 2 aliphatic rings. The van der Waals surface area contributed by atoms with Gasteiger partial charge in [-0.2, -0.15) is 0 Å². The summed E-state index contributed by atoms with van der Waals surface area (Å²) in [5.74, 6) is 2.77. The number of nitrogens with zero attached hydrogens (tertiary/aromatic N) is 6. The normalized spacial score (nSPS) is 16.5. The van der Waals surface area contributed by atoms with Gasteiger partial charge in [0, 0.05) is 44.6 Å². The van der Waals surface area contributed by atoms with Crippen LogP contribution in [0.3, 0.4) is 0 Å². The number of ether oxygens (including phenoxy) is 1. The second kappa shape index (κ2) is 10.0. The average Bonchev–Trinajstić information content (AvgIpc) is 3.38. The first-order chi connectivity index (χ1) is 16.6. The summed E-state index contributed by atoms with van der Waals surface area (Å²) in [5, 5.41) is 11.8. The largest absolute Gasteiger partial charge is 0.474 e. The number of hydrogen-bond acceptors (Lipinski definition) is 8. The first kappa shape index (κ1) is 22.1. The molecule has 0 radical (unpaired) electrons. The molecule has 9 nitrogen and oxygen atoms in total. The van der Waals surface area contributed by atoms with Crippen LogP contribution in [-0.4, -0.2) is 63.3 Å². The molecule has 0 aromatic carbocycles. The van der Waals surface area contributed by atoms with Crippen LogP contribution in [0.5, 0.6) is 5.88 Å². The van der Waals surface area contributed by atoms with E-state index in [1.807, 2.05) is 42.2 Å². The number of aromatic nitrogens is 4. The van der Waals surface area contributed by atoms with E-state index in [0.29, 0.717) is 43.4 Å². The van der Waals surface area contributed by atoms with Gasteiger partial charge in [0.2, 0.25) is 5.88 Å². The van der Waals surface area contributed by atoms with Crippen molar-refractivity contribution in [2.75, 3.05) is 36.4 Å². The van der Waals surface area contributed by atoms with Crippen molar-refractivity contribution in [2.24, 2.45) is 0 Å². The molecule has 0 unspecified atom stereocenters. The molecule has 4 heterocycles. The Hall–Kier alpha value is -3.75. The Balaban J connectivity index is 1.13. The molecule has 176 valence electrons. The standard InChI is InChI=1S/C25H29N7O2/c1-18-10-11-26-22(16-18)28-21-7-8-23(30-29-21)31-12-14-32(15-13-31)25(33)19-6-9-24(27-17-19)34-20-4-2-3-5-20/h6-11,16-17,20H,2-5,12-15H2,1H3,(H,26,28,29). The number of hydrogen-bond donors (Lipinski definition) is 1. The van der Waals surface area contributed by atoms with Crippen LogP contribution in [-0.2, 0) is 0 Å². The van der Waals surface area contributed by atoms with Crippen LogP contribution < -0.4 is 15.0 Å². The number of carbonyl (C=O) groups is 1. The van der Waals surface area contributed by atoms with Crippen molar-refractivity contribution in [3.63, 3.8) is 0 Å². The second-order valence-electron chi connectivity index (χ2n) is 8.81. The molecule has 1 N–H and O–H groups in total. The van der Waals surface area contributed by atoms with E-state index in [4.69, 9.17) is 4.74 Å². The molecule has 1 aliphatic carbocycles. The second-order valence-corrected chi connectivity index (χ2v) is 8.81. The summed E-state index contributed by atoms with van der Waals surface area (Å²) in [4.78, 5) is 25.6. The summed E-state index contributed by atoms with van der Waals surface area (Å²) in [5.41, 5.74) is 1.71. The fraction of sp³-hybridized carbons (Fsp3) is 0.400. The van der Waals surface area contributed by atoms with Crippen LogP contribution in [0.4, 0.5) is 17.5 Å². The highest BCUT2D eigenvalue weighted by molar-refractivity contribution is 5.94. The lowest BCUT2D eigenvalue weighted by Crippen LogP contribution is -2.49. The Morgan fingerprint density at radius 1 is 0.971 bits per heavy atom. The topological polar surface area (TPSA) is 96.4 Å². The first-order valence-corrected chi connectivity index (χ1v) is 11.8. The molecule has 0 bridgehead atoms. The number of nitrogens with one attached hydrogen (secondary N) is 1. The summed E-state index contributed by atoms with van der Waals surface area (Å²) in [6.07, 6.45) is 8.23. The number of amides is 1. The first-order valence-electron chi connectivity index (χ1n) is 11.8. The van der Waals surface area contributed by atoms with Gasteiger partial charge in [0.15, 0.2) is 11.6 Å². The molecule has 0 atom stereocenters. The Morgan fingerprint density at radius 3 is 2.47 bits per heavy atom. The number of pyridine rings is 2. The van der Waals surface area contributed by atoms with Gasteiger partial charge in [-0.25, -0.2) is 9.97 Å². The zero-order chi connectivity index (χ0) is 23.3. The minimum atomic E-state index is -0.00384. The molecule has 9 heteroatoms. The van der Waals surface area contributed by atoms with Crippen molar-refractivity contribution in [3.8, 4) is 5.88 Å². The molecule has 1 saturated carbocycles. The van der Waals surface area contributed by atoms with E-state index in [1.54, 1.807) is 18.5 Å². The highest BCUT2D eigenvalue weighted by atomic mass is 16.5. The predicted octanol–water partition coefficient (Wildman–Crippen LogP) is 3.60. The number of carbonyl (C=O) groups excluding carboxylic acids is 1. The average molecular weight is 460 g/mol. The molecule has 1 saturated heterocycles. The van der Waals surface area contributed by atoms with Crippen molar-refractivity contribution >= 4 is 23.4 Å². The zero-order valence-electron chi connectivity index (χ0n) is 19.4. The van der Waals surface area contributed by atoms with Gasteiger partial charge in [0.1, 0.15) is 11.9 Å². The fourth-order valence-corrected chi connectivity index (χ4v) is 4.37. The summed E-state index contributed by atoms with van der Waals surface area (Å²) >= 11 is 0. The van der Waals surface area contributed by atoms with Gasteiger partial charge in [-0.3, -0.25) is 4.79 Å². The van der Waals surface area contributed by atoms with E-state index in [-0.39, 0.29) is 12.0 Å². The van der Waals surface area contributed by atoms with Gasteiger partial charge in [-0.1, -0.05) is 0 Å². The molecular formula is C25H29N7O2.